The number of benzene rings is 1. The Morgan fingerprint density at radius 2 is 2.17 bits per heavy atom. The molecule has 0 aromatic heterocycles. The van der Waals surface area contributed by atoms with Crippen LogP contribution in [0.4, 0.5) is 11.4 Å². The monoisotopic (exact) mass is 261 g/mol. The van der Waals surface area contributed by atoms with Gasteiger partial charge >= 0.3 is 0 Å². The van der Waals surface area contributed by atoms with Crippen molar-refractivity contribution in [3.63, 3.8) is 0 Å². The van der Waals surface area contributed by atoms with Crippen LogP contribution < -0.4 is 10.6 Å². The standard InChI is InChI=1S/C14H19N3S/c1-14(2)5-6-17(7-8-18-14)13-9-11(10-15)3-4-12(13)16/h3-4,9H,5-8,16H2,1-2H3. The molecule has 0 atom stereocenters. The maximum Gasteiger partial charge on any atom is 0.0992 e. The van der Waals surface area contributed by atoms with Gasteiger partial charge in [-0.2, -0.15) is 17.0 Å². The van der Waals surface area contributed by atoms with Gasteiger partial charge in [-0.1, -0.05) is 13.8 Å². The number of rotatable bonds is 1. The van der Waals surface area contributed by atoms with Gasteiger partial charge in [0.1, 0.15) is 0 Å². The smallest absolute Gasteiger partial charge is 0.0992 e. The highest BCUT2D eigenvalue weighted by atomic mass is 32.2. The molecule has 0 radical (unpaired) electrons. The van der Waals surface area contributed by atoms with Crippen molar-refractivity contribution in [3.05, 3.63) is 23.8 Å². The number of hydrogen-bond acceptors (Lipinski definition) is 4. The third kappa shape index (κ3) is 2.91. The minimum Gasteiger partial charge on any atom is -0.397 e. The van der Waals surface area contributed by atoms with E-state index in [1.807, 2.05) is 23.9 Å². The van der Waals surface area contributed by atoms with Crippen LogP contribution in [0.15, 0.2) is 18.2 Å². The second kappa shape index (κ2) is 5.11. The summed E-state index contributed by atoms with van der Waals surface area (Å²) < 4.78 is 0.330. The summed E-state index contributed by atoms with van der Waals surface area (Å²) in [6.45, 7) is 6.57. The molecule has 0 aliphatic carbocycles. The number of thioether (sulfide) groups is 1. The summed E-state index contributed by atoms with van der Waals surface area (Å²) in [6, 6.07) is 7.68. The molecule has 1 heterocycles. The van der Waals surface area contributed by atoms with Crippen LogP contribution in [0.5, 0.6) is 0 Å². The lowest BCUT2D eigenvalue weighted by molar-refractivity contribution is 0.638. The van der Waals surface area contributed by atoms with E-state index in [9.17, 15) is 0 Å². The second-order valence-electron chi connectivity index (χ2n) is 5.23. The van der Waals surface area contributed by atoms with Gasteiger partial charge in [0, 0.05) is 23.6 Å². The van der Waals surface area contributed by atoms with Crippen molar-refractivity contribution >= 4 is 23.1 Å². The van der Waals surface area contributed by atoms with E-state index in [2.05, 4.69) is 24.8 Å². The van der Waals surface area contributed by atoms with Gasteiger partial charge in [-0.3, -0.25) is 0 Å². The molecular weight excluding hydrogens is 242 g/mol. The molecule has 18 heavy (non-hydrogen) atoms. The molecule has 1 aliphatic heterocycles. The average molecular weight is 261 g/mol. The quantitative estimate of drug-likeness (QED) is 0.790. The van der Waals surface area contributed by atoms with Crippen LogP contribution >= 0.6 is 11.8 Å². The Hall–Kier alpha value is -1.34. The van der Waals surface area contributed by atoms with Crippen molar-refractivity contribution < 1.29 is 0 Å². The summed E-state index contributed by atoms with van der Waals surface area (Å²) in [5.74, 6) is 1.10. The number of anilines is 2. The number of nitrogens with zero attached hydrogens (tertiary/aromatic N) is 2. The molecule has 1 saturated heterocycles. The highest BCUT2D eigenvalue weighted by molar-refractivity contribution is 8.00. The van der Waals surface area contributed by atoms with E-state index in [0.29, 0.717) is 10.3 Å². The molecule has 3 nitrogen and oxygen atoms in total. The summed E-state index contributed by atoms with van der Waals surface area (Å²) in [6.07, 6.45) is 1.13. The van der Waals surface area contributed by atoms with Crippen molar-refractivity contribution in [1.82, 2.24) is 0 Å². The van der Waals surface area contributed by atoms with Crippen LogP contribution in [0.2, 0.25) is 0 Å². The molecule has 1 fully saturated rings. The Morgan fingerprint density at radius 3 is 2.89 bits per heavy atom. The molecule has 0 saturated carbocycles. The lowest BCUT2D eigenvalue weighted by Gasteiger charge is -2.25. The van der Waals surface area contributed by atoms with Crippen molar-refractivity contribution in [2.45, 2.75) is 25.0 Å². The first-order valence-electron chi connectivity index (χ1n) is 6.20. The molecule has 0 unspecified atom stereocenters. The summed E-state index contributed by atoms with van der Waals surface area (Å²) in [5.41, 5.74) is 8.48. The number of nitriles is 1. The van der Waals surface area contributed by atoms with Gasteiger partial charge in [0.25, 0.3) is 0 Å². The van der Waals surface area contributed by atoms with E-state index in [1.54, 1.807) is 6.07 Å². The van der Waals surface area contributed by atoms with Crippen molar-refractivity contribution in [3.8, 4) is 6.07 Å². The van der Waals surface area contributed by atoms with E-state index < -0.39 is 0 Å². The summed E-state index contributed by atoms with van der Waals surface area (Å²) in [4.78, 5) is 2.30. The molecule has 2 N–H and O–H groups in total. The van der Waals surface area contributed by atoms with Crippen molar-refractivity contribution in [2.75, 3.05) is 29.5 Å². The zero-order chi connectivity index (χ0) is 13.2. The van der Waals surface area contributed by atoms with Crippen molar-refractivity contribution in [1.29, 1.82) is 5.26 Å². The largest absolute Gasteiger partial charge is 0.397 e. The maximum atomic E-state index is 8.98. The van der Waals surface area contributed by atoms with Crippen LogP contribution in [-0.2, 0) is 0 Å². The zero-order valence-corrected chi connectivity index (χ0v) is 11.8. The van der Waals surface area contributed by atoms with Gasteiger partial charge in [-0.15, -0.1) is 0 Å². The molecule has 96 valence electrons. The molecule has 0 amide bonds. The average Bonchev–Trinajstić information content (AvgIpc) is 2.51. The first kappa shape index (κ1) is 13.1. The fraction of sp³-hybridized carbons (Fsp3) is 0.500. The van der Waals surface area contributed by atoms with Crippen LogP contribution in [0.3, 0.4) is 0 Å². The zero-order valence-electron chi connectivity index (χ0n) is 10.9. The topological polar surface area (TPSA) is 53.0 Å². The van der Waals surface area contributed by atoms with Crippen LogP contribution in [0.25, 0.3) is 0 Å². The van der Waals surface area contributed by atoms with Crippen LogP contribution in [0.1, 0.15) is 25.8 Å². The third-order valence-electron chi connectivity index (χ3n) is 3.34. The summed E-state index contributed by atoms with van der Waals surface area (Å²) in [5, 5.41) is 8.98. The SMILES string of the molecule is CC1(C)CCN(c2cc(C#N)ccc2N)CCS1. The molecule has 2 rings (SSSR count). The van der Waals surface area contributed by atoms with E-state index in [-0.39, 0.29) is 0 Å². The Morgan fingerprint density at radius 1 is 1.39 bits per heavy atom. The Balaban J connectivity index is 2.24. The van der Waals surface area contributed by atoms with Crippen molar-refractivity contribution in [2.24, 2.45) is 0 Å². The van der Waals surface area contributed by atoms with E-state index in [4.69, 9.17) is 11.0 Å². The first-order chi connectivity index (χ1) is 8.52. The summed E-state index contributed by atoms with van der Waals surface area (Å²) in [7, 11) is 0. The van der Waals surface area contributed by atoms with Gasteiger partial charge in [0.2, 0.25) is 0 Å². The van der Waals surface area contributed by atoms with Gasteiger partial charge in [-0.25, -0.2) is 0 Å². The summed E-state index contributed by atoms with van der Waals surface area (Å²) >= 11 is 2.01. The fourth-order valence-electron chi connectivity index (χ4n) is 2.15. The predicted molar refractivity (Wildman–Crippen MR) is 78.9 cm³/mol. The van der Waals surface area contributed by atoms with E-state index >= 15 is 0 Å². The second-order valence-corrected chi connectivity index (χ2v) is 7.03. The van der Waals surface area contributed by atoms with E-state index in [0.717, 1.165) is 36.6 Å². The molecule has 1 aliphatic rings. The van der Waals surface area contributed by atoms with Gasteiger partial charge < -0.3 is 10.6 Å². The van der Waals surface area contributed by atoms with Gasteiger partial charge in [0.15, 0.2) is 0 Å². The molecule has 1 aromatic carbocycles. The predicted octanol–water partition coefficient (Wildman–Crippen LogP) is 2.86. The number of hydrogen-bond donors (Lipinski definition) is 1. The molecule has 0 bridgehead atoms. The maximum absolute atomic E-state index is 8.98. The van der Waals surface area contributed by atoms with E-state index in [1.165, 1.54) is 0 Å². The lowest BCUT2D eigenvalue weighted by Crippen LogP contribution is -2.27. The minimum atomic E-state index is 0.330. The van der Waals surface area contributed by atoms with Gasteiger partial charge in [-0.05, 0) is 24.6 Å². The fourth-order valence-corrected chi connectivity index (χ4v) is 3.25. The highest BCUT2D eigenvalue weighted by Gasteiger charge is 2.24. The van der Waals surface area contributed by atoms with Gasteiger partial charge in [0.05, 0.1) is 23.0 Å². The number of nitrogens with two attached hydrogens (primary N) is 1. The Bertz CT molecular complexity index is 476. The molecule has 4 heteroatoms. The molecule has 1 aromatic rings. The van der Waals surface area contributed by atoms with Crippen LogP contribution in [-0.4, -0.2) is 23.6 Å². The minimum absolute atomic E-state index is 0.330. The molecular formula is C14H19N3S. The third-order valence-corrected chi connectivity index (χ3v) is 4.71. The van der Waals surface area contributed by atoms with Crippen LogP contribution in [0, 0.1) is 11.3 Å². The highest BCUT2D eigenvalue weighted by Crippen LogP contribution is 2.34. The number of nitrogen functional groups attached to an aromatic ring is 1. The Labute approximate surface area is 113 Å². The molecule has 0 spiro atoms. The normalized spacial score (nSPS) is 19.1. The lowest BCUT2D eigenvalue weighted by atomic mass is 10.1. The Kier molecular flexibility index (Phi) is 3.72. The first-order valence-corrected chi connectivity index (χ1v) is 7.19.